The highest BCUT2D eigenvalue weighted by Crippen LogP contribution is 2.66. The van der Waals surface area contributed by atoms with Crippen molar-refractivity contribution in [2.75, 3.05) is 11.9 Å². The van der Waals surface area contributed by atoms with Crippen molar-refractivity contribution < 1.29 is 33.5 Å². The van der Waals surface area contributed by atoms with Gasteiger partial charge in [-0.25, -0.2) is 4.39 Å². The van der Waals surface area contributed by atoms with Gasteiger partial charge in [-0.15, -0.1) is 23.2 Å². The van der Waals surface area contributed by atoms with Crippen LogP contribution in [0.25, 0.3) is 0 Å². The van der Waals surface area contributed by atoms with Gasteiger partial charge < -0.3 is 5.11 Å². The number of fused-ring (bicyclic) bond motifs is 4. The van der Waals surface area contributed by atoms with Crippen molar-refractivity contribution in [1.29, 1.82) is 0 Å². The number of aromatic hydroxyl groups is 1. The molecule has 2 heterocycles. The molecule has 4 amide bonds. The third-order valence-corrected chi connectivity index (χ3v) is 11.2. The molecule has 7 rings (SSSR count). The SMILES string of the molecule is CN1C(=O)C2(Cl)CC3C(=CCC4C(=O)N(c5ccc(C(=O)c6ccccc6)cc5)C(=O)C43)C(c3cccc(F)c3O)C2(Cl)C1=O. The largest absolute Gasteiger partial charge is 0.505 e. The summed E-state index contributed by atoms with van der Waals surface area (Å²) in [5.74, 6) is -8.35. The number of hydrogen-bond donors (Lipinski definition) is 1. The maximum Gasteiger partial charge on any atom is 0.253 e. The quantitative estimate of drug-likeness (QED) is 0.186. The molecule has 228 valence electrons. The van der Waals surface area contributed by atoms with E-state index < -0.39 is 68.6 Å². The van der Waals surface area contributed by atoms with Crippen molar-refractivity contribution in [3.8, 4) is 5.75 Å². The number of alkyl halides is 2. The zero-order valence-electron chi connectivity index (χ0n) is 23.7. The van der Waals surface area contributed by atoms with E-state index in [2.05, 4.69) is 0 Å². The van der Waals surface area contributed by atoms with Gasteiger partial charge in [0.1, 0.15) is 0 Å². The standard InChI is InChI=1S/C34H25Cl2FN2O6/c1-38-31(44)33(35)16-23-20(26(34(33,36)32(38)45)22-8-5-9-24(37)28(22)41)14-15-21-25(23)30(43)39(29(21)42)19-12-10-18(11-13-19)27(40)17-6-3-2-4-7-17/h2-14,21,23,25-26,41H,15-16H2,1H3. The number of rotatable bonds is 4. The second-order valence-corrected chi connectivity index (χ2v) is 13.2. The molecule has 0 radical (unpaired) electrons. The number of hydrogen-bond acceptors (Lipinski definition) is 6. The first-order valence-electron chi connectivity index (χ1n) is 14.4. The number of para-hydroxylation sites is 1. The molecule has 1 N–H and O–H groups in total. The van der Waals surface area contributed by atoms with Crippen LogP contribution in [0, 0.1) is 23.6 Å². The van der Waals surface area contributed by atoms with Crippen molar-refractivity contribution in [1.82, 2.24) is 4.90 Å². The Morgan fingerprint density at radius 1 is 0.867 bits per heavy atom. The zero-order chi connectivity index (χ0) is 32.0. The third-order valence-electron chi connectivity index (χ3n) is 9.77. The number of halogens is 3. The average molecular weight is 647 g/mol. The number of nitrogens with zero attached hydrogens (tertiary/aromatic N) is 2. The lowest BCUT2D eigenvalue weighted by Gasteiger charge is -2.50. The van der Waals surface area contributed by atoms with Gasteiger partial charge in [0.25, 0.3) is 11.8 Å². The summed E-state index contributed by atoms with van der Waals surface area (Å²) >= 11 is 14.2. The molecule has 2 aliphatic heterocycles. The maximum absolute atomic E-state index is 14.7. The molecule has 0 spiro atoms. The van der Waals surface area contributed by atoms with Crippen molar-refractivity contribution in [2.24, 2.45) is 17.8 Å². The number of carbonyl (C=O) groups is 5. The molecule has 11 heteroatoms. The van der Waals surface area contributed by atoms with Crippen LogP contribution in [0.2, 0.25) is 0 Å². The van der Waals surface area contributed by atoms with Crippen LogP contribution in [0.3, 0.4) is 0 Å². The molecule has 6 unspecified atom stereocenters. The summed E-state index contributed by atoms with van der Waals surface area (Å²) < 4.78 is 14.7. The van der Waals surface area contributed by atoms with Gasteiger partial charge in [-0.2, -0.15) is 0 Å². The Bertz CT molecular complexity index is 1860. The van der Waals surface area contributed by atoms with E-state index in [4.69, 9.17) is 23.2 Å². The summed E-state index contributed by atoms with van der Waals surface area (Å²) in [5.41, 5.74) is 1.54. The van der Waals surface area contributed by atoms with E-state index in [0.717, 1.165) is 15.9 Å². The van der Waals surface area contributed by atoms with Crippen LogP contribution in [0.5, 0.6) is 5.75 Å². The highest BCUT2D eigenvalue weighted by Gasteiger charge is 2.76. The zero-order valence-corrected chi connectivity index (χ0v) is 25.3. The van der Waals surface area contributed by atoms with Gasteiger partial charge in [0.2, 0.25) is 11.8 Å². The number of amides is 4. The van der Waals surface area contributed by atoms with Crippen LogP contribution in [0.1, 0.15) is 40.2 Å². The molecule has 8 nitrogen and oxygen atoms in total. The normalized spacial score (nSPS) is 30.6. The van der Waals surface area contributed by atoms with E-state index in [1.54, 1.807) is 48.5 Å². The fourth-order valence-electron chi connectivity index (χ4n) is 7.63. The minimum absolute atomic E-state index is 0.0480. The van der Waals surface area contributed by atoms with Crippen molar-refractivity contribution in [3.63, 3.8) is 0 Å². The lowest BCUT2D eigenvalue weighted by Crippen LogP contribution is -2.60. The Hall–Kier alpha value is -4.34. The second kappa shape index (κ2) is 10.1. The number of phenols is 1. The van der Waals surface area contributed by atoms with E-state index >= 15 is 0 Å². The summed E-state index contributed by atoms with van der Waals surface area (Å²) in [6.45, 7) is 0. The Balaban J connectivity index is 1.29. The van der Waals surface area contributed by atoms with Gasteiger partial charge in [0, 0.05) is 29.7 Å². The number of imide groups is 2. The first-order valence-corrected chi connectivity index (χ1v) is 15.1. The Morgan fingerprint density at radius 3 is 2.22 bits per heavy atom. The Labute approximate surface area is 267 Å². The molecular formula is C34H25Cl2FN2O6. The van der Waals surface area contributed by atoms with Crippen molar-refractivity contribution in [2.45, 2.75) is 28.5 Å². The number of likely N-dealkylation sites (tertiary alicyclic amines) is 1. The van der Waals surface area contributed by atoms with Crippen LogP contribution < -0.4 is 4.90 Å². The molecule has 3 aromatic carbocycles. The molecule has 3 fully saturated rings. The lowest BCUT2D eigenvalue weighted by molar-refractivity contribution is -0.138. The van der Waals surface area contributed by atoms with Crippen molar-refractivity contribution >= 4 is 58.3 Å². The summed E-state index contributed by atoms with van der Waals surface area (Å²) in [6, 6.07) is 18.7. The molecular weight excluding hydrogens is 622 g/mol. The Morgan fingerprint density at radius 2 is 1.53 bits per heavy atom. The van der Waals surface area contributed by atoms with E-state index in [9.17, 15) is 33.5 Å². The number of anilines is 1. The van der Waals surface area contributed by atoms with Crippen LogP contribution >= 0.6 is 23.2 Å². The highest BCUT2D eigenvalue weighted by atomic mass is 35.5. The fourth-order valence-corrected chi connectivity index (χ4v) is 8.64. The van der Waals surface area contributed by atoms with Crippen molar-refractivity contribution in [3.05, 3.63) is 107 Å². The maximum atomic E-state index is 14.7. The lowest BCUT2D eigenvalue weighted by atomic mass is 9.56. The van der Waals surface area contributed by atoms with Gasteiger partial charge >= 0.3 is 0 Å². The smallest absolute Gasteiger partial charge is 0.253 e. The summed E-state index contributed by atoms with van der Waals surface area (Å²) in [6.07, 6.45) is 1.58. The molecule has 0 aromatic heterocycles. The van der Waals surface area contributed by atoms with Gasteiger partial charge in [-0.3, -0.25) is 33.8 Å². The molecule has 45 heavy (non-hydrogen) atoms. The van der Waals surface area contributed by atoms with Crippen LogP contribution in [0.15, 0.2) is 84.4 Å². The minimum Gasteiger partial charge on any atom is -0.505 e. The monoisotopic (exact) mass is 646 g/mol. The van der Waals surface area contributed by atoms with Crippen LogP contribution in [0.4, 0.5) is 10.1 Å². The molecule has 2 saturated heterocycles. The average Bonchev–Trinajstić information content (AvgIpc) is 3.37. The number of ketones is 1. The number of phenolic OH excluding ortho intramolecular Hbond substituents is 1. The number of allylic oxidation sites excluding steroid dienone is 2. The second-order valence-electron chi connectivity index (χ2n) is 11.9. The van der Waals surface area contributed by atoms with E-state index in [0.29, 0.717) is 16.7 Å². The molecule has 6 atom stereocenters. The van der Waals surface area contributed by atoms with E-state index in [1.165, 1.54) is 31.3 Å². The molecule has 3 aromatic rings. The van der Waals surface area contributed by atoms with Crippen LogP contribution in [-0.2, 0) is 19.2 Å². The predicted molar refractivity (Wildman–Crippen MR) is 162 cm³/mol. The minimum atomic E-state index is -2.13. The molecule has 1 saturated carbocycles. The van der Waals surface area contributed by atoms with Gasteiger partial charge in [0.05, 0.1) is 17.5 Å². The predicted octanol–water partition coefficient (Wildman–Crippen LogP) is 4.96. The third kappa shape index (κ3) is 3.86. The van der Waals surface area contributed by atoms with E-state index in [1.807, 2.05) is 0 Å². The van der Waals surface area contributed by atoms with Crippen LogP contribution in [-0.4, -0.2) is 56.2 Å². The van der Waals surface area contributed by atoms with Gasteiger partial charge in [-0.05, 0) is 49.1 Å². The highest BCUT2D eigenvalue weighted by molar-refractivity contribution is 6.53. The van der Waals surface area contributed by atoms with Gasteiger partial charge in [0.15, 0.2) is 27.1 Å². The molecule has 2 aliphatic carbocycles. The molecule has 4 aliphatic rings. The van der Waals surface area contributed by atoms with Gasteiger partial charge in [-0.1, -0.05) is 54.1 Å². The topological polar surface area (TPSA) is 112 Å². The van der Waals surface area contributed by atoms with E-state index in [-0.39, 0.29) is 29.9 Å². The summed E-state index contributed by atoms with van der Waals surface area (Å²) in [4.78, 5) is 65.7. The fraction of sp³-hybridized carbons (Fsp3) is 0.265. The first kappa shape index (κ1) is 29.4. The summed E-state index contributed by atoms with van der Waals surface area (Å²) in [5, 5.41) is 10.8. The summed E-state index contributed by atoms with van der Waals surface area (Å²) in [7, 11) is 1.25. The Kier molecular flexibility index (Phi) is 6.58. The first-order chi connectivity index (χ1) is 21.4. The number of benzene rings is 3. The molecule has 0 bridgehead atoms. The number of carbonyl (C=O) groups excluding carboxylic acids is 5.